The van der Waals surface area contributed by atoms with Crippen molar-refractivity contribution in [2.24, 2.45) is 5.92 Å². The topological polar surface area (TPSA) is 34.9 Å². The molecule has 88 valence electrons. The smallest absolute Gasteiger partial charge is 0.183 e. The first-order valence-electron chi connectivity index (χ1n) is 6.39. The number of Topliss-reactive ketones (excluding diaryl/α,β-unsaturated/α-hetero) is 1. The van der Waals surface area contributed by atoms with Crippen molar-refractivity contribution < 1.29 is 4.79 Å². The summed E-state index contributed by atoms with van der Waals surface area (Å²) in [6.45, 7) is 2.80. The van der Waals surface area contributed by atoms with E-state index in [0.717, 1.165) is 25.1 Å². The van der Waals surface area contributed by atoms with Gasteiger partial charge >= 0.3 is 0 Å². The number of ketones is 1. The molecular weight excluding hydrogens is 200 g/mol. The minimum absolute atomic E-state index is 0.240. The zero-order valence-corrected chi connectivity index (χ0v) is 9.98. The van der Waals surface area contributed by atoms with E-state index < -0.39 is 0 Å². The van der Waals surface area contributed by atoms with Crippen molar-refractivity contribution in [1.29, 1.82) is 0 Å². The molecule has 1 heterocycles. The molecule has 0 radical (unpaired) electrons. The molecule has 1 fully saturated rings. The molecule has 2 rings (SSSR count). The number of aryl methyl sites for hydroxylation is 1. The van der Waals surface area contributed by atoms with Gasteiger partial charge in [-0.2, -0.15) is 5.10 Å². The van der Waals surface area contributed by atoms with Gasteiger partial charge in [-0.25, -0.2) is 0 Å². The van der Waals surface area contributed by atoms with Gasteiger partial charge < -0.3 is 0 Å². The van der Waals surface area contributed by atoms with Gasteiger partial charge in [-0.15, -0.1) is 0 Å². The van der Waals surface area contributed by atoms with Crippen LogP contribution in [0.4, 0.5) is 0 Å². The van der Waals surface area contributed by atoms with E-state index in [9.17, 15) is 4.79 Å². The van der Waals surface area contributed by atoms with Crippen LogP contribution in [0.15, 0.2) is 12.3 Å². The van der Waals surface area contributed by atoms with E-state index in [1.54, 1.807) is 6.20 Å². The Morgan fingerprint density at radius 1 is 1.38 bits per heavy atom. The molecule has 0 spiro atoms. The standard InChI is InChI=1S/C13H20N2O/c1-2-15-12(9-10-14-15)13(16)11-7-5-3-4-6-8-11/h9-11H,2-8H2,1H3. The molecule has 0 aliphatic heterocycles. The highest BCUT2D eigenvalue weighted by molar-refractivity contribution is 5.96. The lowest BCUT2D eigenvalue weighted by molar-refractivity contribution is 0.0897. The van der Waals surface area contributed by atoms with Gasteiger partial charge in [0, 0.05) is 18.7 Å². The van der Waals surface area contributed by atoms with Crippen molar-refractivity contribution in [1.82, 2.24) is 9.78 Å². The molecule has 0 aromatic carbocycles. The number of hydrogen-bond acceptors (Lipinski definition) is 2. The van der Waals surface area contributed by atoms with Crippen LogP contribution in [0.25, 0.3) is 0 Å². The van der Waals surface area contributed by atoms with Gasteiger partial charge in [-0.05, 0) is 25.8 Å². The maximum absolute atomic E-state index is 12.3. The number of carbonyl (C=O) groups is 1. The van der Waals surface area contributed by atoms with Crippen LogP contribution in [0.2, 0.25) is 0 Å². The molecule has 0 atom stereocenters. The maximum Gasteiger partial charge on any atom is 0.183 e. The number of rotatable bonds is 3. The average Bonchev–Trinajstić information content (AvgIpc) is 2.61. The van der Waals surface area contributed by atoms with Crippen molar-refractivity contribution in [2.45, 2.75) is 52.0 Å². The van der Waals surface area contributed by atoms with Gasteiger partial charge in [0.2, 0.25) is 0 Å². The number of nitrogens with zero attached hydrogens (tertiary/aromatic N) is 2. The van der Waals surface area contributed by atoms with Gasteiger partial charge in [0.1, 0.15) is 5.69 Å². The largest absolute Gasteiger partial charge is 0.292 e. The van der Waals surface area contributed by atoms with Gasteiger partial charge in [0.05, 0.1) is 0 Å². The minimum Gasteiger partial charge on any atom is -0.292 e. The van der Waals surface area contributed by atoms with E-state index >= 15 is 0 Å². The Kier molecular flexibility index (Phi) is 3.75. The summed E-state index contributed by atoms with van der Waals surface area (Å²) in [5.41, 5.74) is 0.800. The number of aromatic nitrogens is 2. The SMILES string of the molecule is CCn1nccc1C(=O)C1CCCCCC1. The predicted molar refractivity (Wildman–Crippen MR) is 63.4 cm³/mol. The summed E-state index contributed by atoms with van der Waals surface area (Å²) in [5.74, 6) is 0.547. The lowest BCUT2D eigenvalue weighted by Gasteiger charge is -2.13. The van der Waals surface area contributed by atoms with Crippen LogP contribution in [-0.2, 0) is 6.54 Å². The highest BCUT2D eigenvalue weighted by Crippen LogP contribution is 2.25. The summed E-state index contributed by atoms with van der Waals surface area (Å²) in [5, 5.41) is 4.17. The number of carbonyl (C=O) groups excluding carboxylic acids is 1. The minimum atomic E-state index is 0.240. The second kappa shape index (κ2) is 5.28. The Morgan fingerprint density at radius 3 is 2.69 bits per heavy atom. The summed E-state index contributed by atoms with van der Waals surface area (Å²) < 4.78 is 1.81. The second-order valence-corrected chi connectivity index (χ2v) is 4.58. The molecule has 1 aromatic heterocycles. The molecule has 0 unspecified atom stereocenters. The van der Waals surface area contributed by atoms with Crippen molar-refractivity contribution in [2.75, 3.05) is 0 Å². The van der Waals surface area contributed by atoms with Crippen LogP contribution in [0.5, 0.6) is 0 Å². The summed E-state index contributed by atoms with van der Waals surface area (Å²) in [4.78, 5) is 12.3. The van der Waals surface area contributed by atoms with Crippen LogP contribution in [0.1, 0.15) is 55.9 Å². The maximum atomic E-state index is 12.3. The fourth-order valence-corrected chi connectivity index (χ4v) is 2.54. The molecule has 1 aliphatic carbocycles. The molecule has 0 saturated heterocycles. The summed E-state index contributed by atoms with van der Waals surface area (Å²) >= 11 is 0. The van der Waals surface area contributed by atoms with E-state index in [0.29, 0.717) is 5.78 Å². The fourth-order valence-electron chi connectivity index (χ4n) is 2.54. The second-order valence-electron chi connectivity index (χ2n) is 4.58. The zero-order chi connectivity index (χ0) is 11.4. The summed E-state index contributed by atoms with van der Waals surface area (Å²) in [7, 11) is 0. The third-order valence-corrected chi connectivity index (χ3v) is 3.49. The molecule has 3 heteroatoms. The Hall–Kier alpha value is -1.12. The van der Waals surface area contributed by atoms with Crippen molar-refractivity contribution >= 4 is 5.78 Å². The Bertz CT molecular complexity index is 349. The highest BCUT2D eigenvalue weighted by atomic mass is 16.1. The molecule has 0 amide bonds. The van der Waals surface area contributed by atoms with E-state index in [-0.39, 0.29) is 5.92 Å². The third kappa shape index (κ3) is 2.34. The summed E-state index contributed by atoms with van der Waals surface area (Å²) in [6.07, 6.45) is 8.84. The first-order chi connectivity index (χ1) is 7.83. The van der Waals surface area contributed by atoms with Gasteiger partial charge in [0.15, 0.2) is 5.78 Å². The van der Waals surface area contributed by atoms with E-state index in [1.165, 1.54) is 25.7 Å². The number of hydrogen-bond donors (Lipinski definition) is 0. The molecule has 3 nitrogen and oxygen atoms in total. The first kappa shape index (κ1) is 11.4. The first-order valence-corrected chi connectivity index (χ1v) is 6.39. The third-order valence-electron chi connectivity index (χ3n) is 3.49. The van der Waals surface area contributed by atoms with Gasteiger partial charge in [0.25, 0.3) is 0 Å². The van der Waals surface area contributed by atoms with E-state index in [4.69, 9.17) is 0 Å². The van der Waals surface area contributed by atoms with Crippen LogP contribution < -0.4 is 0 Å². The molecule has 1 aromatic rings. The van der Waals surface area contributed by atoms with Crippen LogP contribution in [0.3, 0.4) is 0 Å². The van der Waals surface area contributed by atoms with E-state index in [2.05, 4.69) is 5.10 Å². The molecule has 16 heavy (non-hydrogen) atoms. The summed E-state index contributed by atoms with van der Waals surface area (Å²) in [6, 6.07) is 1.86. The van der Waals surface area contributed by atoms with E-state index in [1.807, 2.05) is 17.7 Å². The highest BCUT2D eigenvalue weighted by Gasteiger charge is 2.23. The van der Waals surface area contributed by atoms with Crippen molar-refractivity contribution in [3.63, 3.8) is 0 Å². The van der Waals surface area contributed by atoms with Crippen molar-refractivity contribution in [3.8, 4) is 0 Å². The fraction of sp³-hybridized carbons (Fsp3) is 0.692. The van der Waals surface area contributed by atoms with Gasteiger partial charge in [-0.1, -0.05) is 25.7 Å². The lowest BCUT2D eigenvalue weighted by Crippen LogP contribution is -2.18. The Morgan fingerprint density at radius 2 is 2.06 bits per heavy atom. The zero-order valence-electron chi connectivity index (χ0n) is 9.98. The monoisotopic (exact) mass is 220 g/mol. The molecule has 1 aliphatic rings. The molecule has 0 N–H and O–H groups in total. The lowest BCUT2D eigenvalue weighted by atomic mass is 9.93. The average molecular weight is 220 g/mol. The Balaban J connectivity index is 2.11. The van der Waals surface area contributed by atoms with Crippen LogP contribution in [-0.4, -0.2) is 15.6 Å². The predicted octanol–water partition coefficient (Wildman–Crippen LogP) is 3.06. The Labute approximate surface area is 96.8 Å². The molecular formula is C13H20N2O. The van der Waals surface area contributed by atoms with Gasteiger partial charge in [-0.3, -0.25) is 9.48 Å². The van der Waals surface area contributed by atoms with Crippen LogP contribution >= 0.6 is 0 Å². The molecule has 1 saturated carbocycles. The molecule has 0 bridgehead atoms. The van der Waals surface area contributed by atoms with Crippen LogP contribution in [0, 0.1) is 5.92 Å². The van der Waals surface area contributed by atoms with Crippen molar-refractivity contribution in [3.05, 3.63) is 18.0 Å². The quantitative estimate of drug-likeness (QED) is 0.579. The normalized spacial score (nSPS) is 18.3.